The van der Waals surface area contributed by atoms with E-state index in [0.717, 1.165) is 12.1 Å². The van der Waals surface area contributed by atoms with Gasteiger partial charge < -0.3 is 10.6 Å². The zero-order valence-corrected chi connectivity index (χ0v) is 14.5. The second kappa shape index (κ2) is 7.29. The van der Waals surface area contributed by atoms with E-state index < -0.39 is 6.04 Å². The number of hydrogen-bond donors (Lipinski definition) is 3. The van der Waals surface area contributed by atoms with Crippen molar-refractivity contribution in [3.05, 3.63) is 47.7 Å². The van der Waals surface area contributed by atoms with Crippen LogP contribution in [0.4, 0.5) is 5.82 Å². The van der Waals surface area contributed by atoms with Crippen molar-refractivity contribution < 1.29 is 9.59 Å². The molecule has 2 amide bonds. The number of hydrogen-bond acceptors (Lipinski definition) is 3. The van der Waals surface area contributed by atoms with Crippen LogP contribution in [-0.4, -0.2) is 28.1 Å². The van der Waals surface area contributed by atoms with E-state index in [1.807, 2.05) is 24.3 Å². The molecule has 2 rings (SSSR count). The number of rotatable bonds is 6. The van der Waals surface area contributed by atoms with E-state index in [2.05, 4.69) is 46.8 Å². The first-order valence-corrected chi connectivity index (χ1v) is 7.96. The number of carbonyl (C=O) groups is 2. The topological polar surface area (TPSA) is 86.9 Å². The van der Waals surface area contributed by atoms with Crippen molar-refractivity contribution in [1.82, 2.24) is 15.5 Å². The molecule has 0 aliphatic carbocycles. The van der Waals surface area contributed by atoms with Gasteiger partial charge in [-0.2, -0.15) is 5.10 Å². The summed E-state index contributed by atoms with van der Waals surface area (Å²) < 4.78 is 0. The van der Waals surface area contributed by atoms with Crippen LogP contribution < -0.4 is 10.6 Å². The molecule has 128 valence electrons. The van der Waals surface area contributed by atoms with Crippen LogP contribution in [0.2, 0.25) is 0 Å². The molecule has 6 nitrogen and oxygen atoms in total. The van der Waals surface area contributed by atoms with Crippen LogP contribution in [0.1, 0.15) is 39.0 Å². The van der Waals surface area contributed by atoms with Crippen molar-refractivity contribution in [2.75, 3.05) is 5.32 Å². The first-order valence-electron chi connectivity index (χ1n) is 7.96. The number of aromatic amines is 1. The van der Waals surface area contributed by atoms with Crippen molar-refractivity contribution in [1.29, 1.82) is 0 Å². The average molecular weight is 328 g/mol. The van der Waals surface area contributed by atoms with Crippen LogP contribution in [0.15, 0.2) is 36.4 Å². The monoisotopic (exact) mass is 328 g/mol. The molecule has 0 saturated carbocycles. The number of nitrogens with one attached hydrogen (secondary N) is 3. The van der Waals surface area contributed by atoms with Crippen LogP contribution in [0, 0.1) is 0 Å². The van der Waals surface area contributed by atoms with Crippen LogP contribution in [0.25, 0.3) is 0 Å². The number of H-pyrrole nitrogens is 1. The summed E-state index contributed by atoms with van der Waals surface area (Å²) in [7, 11) is 0. The second-order valence-corrected chi connectivity index (χ2v) is 6.62. The van der Waals surface area contributed by atoms with Crippen molar-refractivity contribution in [2.24, 2.45) is 0 Å². The molecule has 0 spiro atoms. The van der Waals surface area contributed by atoms with E-state index in [1.54, 1.807) is 6.92 Å². The third-order valence-electron chi connectivity index (χ3n) is 3.86. The summed E-state index contributed by atoms with van der Waals surface area (Å²) in [5.41, 5.74) is 2.02. The van der Waals surface area contributed by atoms with E-state index in [1.165, 1.54) is 12.5 Å². The molecule has 24 heavy (non-hydrogen) atoms. The number of benzene rings is 1. The molecule has 1 aromatic carbocycles. The predicted octanol–water partition coefficient (Wildman–Crippen LogP) is 2.39. The minimum absolute atomic E-state index is 0.152. The Labute approximate surface area is 142 Å². The Morgan fingerprint density at radius 2 is 1.92 bits per heavy atom. The molecule has 0 aliphatic rings. The highest BCUT2D eigenvalue weighted by Crippen LogP contribution is 2.27. The molecule has 1 atom stereocenters. The van der Waals surface area contributed by atoms with Gasteiger partial charge in [0.25, 0.3) is 0 Å². The van der Waals surface area contributed by atoms with Crippen molar-refractivity contribution in [3.63, 3.8) is 0 Å². The van der Waals surface area contributed by atoms with E-state index in [4.69, 9.17) is 0 Å². The summed E-state index contributed by atoms with van der Waals surface area (Å²) in [6.07, 6.45) is 0.853. The van der Waals surface area contributed by atoms with E-state index in [0.29, 0.717) is 5.82 Å². The fourth-order valence-electron chi connectivity index (χ4n) is 2.54. The lowest BCUT2D eigenvalue weighted by atomic mass is 9.83. The summed E-state index contributed by atoms with van der Waals surface area (Å²) in [5, 5.41) is 12.4. The minimum atomic E-state index is -0.611. The van der Waals surface area contributed by atoms with Gasteiger partial charge in [0.05, 0.1) is 0 Å². The third kappa shape index (κ3) is 4.68. The molecule has 1 heterocycles. The molecular weight excluding hydrogens is 304 g/mol. The molecular formula is C18H24N4O2. The maximum absolute atomic E-state index is 12.0. The Balaban J connectivity index is 2.04. The van der Waals surface area contributed by atoms with Gasteiger partial charge in [0.15, 0.2) is 5.82 Å². The lowest BCUT2D eigenvalue weighted by Crippen LogP contribution is -2.40. The molecule has 0 fully saturated rings. The van der Waals surface area contributed by atoms with Crippen molar-refractivity contribution in [2.45, 2.75) is 45.6 Å². The quantitative estimate of drug-likeness (QED) is 0.761. The Kier molecular flexibility index (Phi) is 5.39. The largest absolute Gasteiger partial charge is 0.345 e. The molecule has 0 aliphatic heterocycles. The van der Waals surface area contributed by atoms with Gasteiger partial charge in [-0.25, -0.2) is 0 Å². The zero-order chi connectivity index (χ0) is 17.7. The zero-order valence-electron chi connectivity index (χ0n) is 14.5. The van der Waals surface area contributed by atoms with Crippen molar-refractivity contribution in [3.8, 4) is 0 Å². The standard InChI is InChI=1S/C18H24N4O2/c1-12(19-13(2)23)17(24)20-16-10-15(21-22-16)18(3,4)11-14-8-6-5-7-9-14/h5-10,12H,11H2,1-4H3,(H,19,23)(H2,20,21,22,24)/t12-/m0/s1. The number of nitrogens with zero attached hydrogens (tertiary/aromatic N) is 1. The molecule has 6 heteroatoms. The number of aromatic nitrogens is 2. The summed E-state index contributed by atoms with van der Waals surface area (Å²) >= 11 is 0. The molecule has 3 N–H and O–H groups in total. The van der Waals surface area contributed by atoms with Crippen LogP contribution in [-0.2, 0) is 21.4 Å². The Morgan fingerprint density at radius 1 is 1.25 bits per heavy atom. The second-order valence-electron chi connectivity index (χ2n) is 6.62. The highest BCUT2D eigenvalue weighted by molar-refractivity contribution is 5.95. The van der Waals surface area contributed by atoms with Crippen LogP contribution in [0.5, 0.6) is 0 Å². The summed E-state index contributed by atoms with van der Waals surface area (Å²) in [6.45, 7) is 7.25. The molecule has 0 saturated heterocycles. The summed E-state index contributed by atoms with van der Waals surface area (Å²) in [5.74, 6) is -0.0955. The predicted molar refractivity (Wildman–Crippen MR) is 93.7 cm³/mol. The maximum Gasteiger partial charge on any atom is 0.247 e. The summed E-state index contributed by atoms with van der Waals surface area (Å²) in [6, 6.07) is 11.4. The smallest absolute Gasteiger partial charge is 0.247 e. The van der Waals surface area contributed by atoms with E-state index in [-0.39, 0.29) is 17.2 Å². The van der Waals surface area contributed by atoms with Gasteiger partial charge in [0.1, 0.15) is 6.04 Å². The Morgan fingerprint density at radius 3 is 2.54 bits per heavy atom. The Bertz CT molecular complexity index is 707. The van der Waals surface area contributed by atoms with Crippen LogP contribution in [0.3, 0.4) is 0 Å². The van der Waals surface area contributed by atoms with E-state index in [9.17, 15) is 9.59 Å². The molecule has 2 aromatic rings. The third-order valence-corrected chi connectivity index (χ3v) is 3.86. The Hall–Kier alpha value is -2.63. The molecule has 0 bridgehead atoms. The van der Waals surface area contributed by atoms with Gasteiger partial charge in [-0.15, -0.1) is 0 Å². The van der Waals surface area contributed by atoms with E-state index >= 15 is 0 Å². The molecule has 0 unspecified atom stereocenters. The summed E-state index contributed by atoms with van der Waals surface area (Å²) in [4.78, 5) is 23.0. The van der Waals surface area contributed by atoms with Gasteiger partial charge in [0, 0.05) is 24.1 Å². The lowest BCUT2D eigenvalue weighted by Gasteiger charge is -2.23. The highest BCUT2D eigenvalue weighted by Gasteiger charge is 2.24. The van der Waals surface area contributed by atoms with Gasteiger partial charge in [0.2, 0.25) is 11.8 Å². The number of amides is 2. The van der Waals surface area contributed by atoms with Gasteiger partial charge in [-0.3, -0.25) is 14.7 Å². The minimum Gasteiger partial charge on any atom is -0.345 e. The fraction of sp³-hybridized carbons (Fsp3) is 0.389. The SMILES string of the molecule is CC(=O)N[C@@H](C)C(=O)Nc1cc(C(C)(C)Cc2ccccc2)[nH]n1. The first-order chi connectivity index (χ1) is 11.3. The fourth-order valence-corrected chi connectivity index (χ4v) is 2.54. The molecule has 0 radical (unpaired) electrons. The van der Waals surface area contributed by atoms with Crippen molar-refractivity contribution >= 4 is 17.6 Å². The lowest BCUT2D eigenvalue weighted by molar-refractivity contribution is -0.124. The molecule has 1 aromatic heterocycles. The van der Waals surface area contributed by atoms with Gasteiger partial charge in [-0.1, -0.05) is 44.2 Å². The normalized spacial score (nSPS) is 12.5. The van der Waals surface area contributed by atoms with Gasteiger partial charge in [-0.05, 0) is 18.9 Å². The van der Waals surface area contributed by atoms with Crippen LogP contribution >= 0.6 is 0 Å². The number of anilines is 1. The maximum atomic E-state index is 12.0. The number of carbonyl (C=O) groups excluding carboxylic acids is 2. The average Bonchev–Trinajstić information content (AvgIpc) is 2.96. The van der Waals surface area contributed by atoms with Gasteiger partial charge >= 0.3 is 0 Å². The first kappa shape index (κ1) is 17.7. The highest BCUT2D eigenvalue weighted by atomic mass is 16.2.